The number of nitrogens with zero attached hydrogens (tertiary/aromatic N) is 2. The van der Waals surface area contributed by atoms with Crippen LogP contribution in [0.5, 0.6) is 0 Å². The molecule has 0 unspecified atom stereocenters. The van der Waals surface area contributed by atoms with Crippen LogP contribution in [0.2, 0.25) is 5.02 Å². The molecule has 0 fully saturated rings. The summed E-state index contributed by atoms with van der Waals surface area (Å²) in [6, 6.07) is 11.2. The van der Waals surface area contributed by atoms with Crippen molar-refractivity contribution in [2.24, 2.45) is 0 Å². The predicted molar refractivity (Wildman–Crippen MR) is 105 cm³/mol. The first kappa shape index (κ1) is 20.7. The van der Waals surface area contributed by atoms with E-state index in [1.165, 1.54) is 38.4 Å². The Morgan fingerprint density at radius 3 is 2.52 bits per heavy atom. The van der Waals surface area contributed by atoms with Crippen LogP contribution in [-0.4, -0.2) is 39.3 Å². The van der Waals surface area contributed by atoms with Gasteiger partial charge in [0.15, 0.2) is 0 Å². The molecule has 0 spiro atoms. The molecule has 0 aliphatic heterocycles. The van der Waals surface area contributed by atoms with Crippen molar-refractivity contribution in [3.63, 3.8) is 0 Å². The predicted octanol–water partition coefficient (Wildman–Crippen LogP) is 2.82. The monoisotopic (exact) mass is 406 g/mol. The summed E-state index contributed by atoms with van der Waals surface area (Å²) in [5.74, 6) is -0.337. The fourth-order valence-corrected chi connectivity index (χ4v) is 3.38. The van der Waals surface area contributed by atoms with Gasteiger partial charge in [-0.1, -0.05) is 17.7 Å². The fourth-order valence-electron chi connectivity index (χ4n) is 2.23. The summed E-state index contributed by atoms with van der Waals surface area (Å²) in [6.07, 6.45) is 0. The average molecular weight is 407 g/mol. The lowest BCUT2D eigenvalue weighted by Crippen LogP contribution is -2.24. The van der Waals surface area contributed by atoms with E-state index in [9.17, 15) is 13.2 Å². The molecule has 1 amide bonds. The SMILES string of the molecule is Cc1ccc(S(=O)(=O)N(C)C)cc1NCC(=O)Nc1ccc(C#N)c(Cl)c1. The molecule has 0 bridgehead atoms. The van der Waals surface area contributed by atoms with E-state index in [1.54, 1.807) is 12.1 Å². The number of aryl methyl sites for hydroxylation is 1. The number of sulfonamides is 1. The molecular formula is C18H19ClN4O3S. The molecule has 0 aliphatic carbocycles. The summed E-state index contributed by atoms with van der Waals surface area (Å²) < 4.78 is 25.6. The molecule has 2 aromatic rings. The first-order valence-electron chi connectivity index (χ1n) is 7.91. The van der Waals surface area contributed by atoms with Gasteiger partial charge in [0.2, 0.25) is 15.9 Å². The smallest absolute Gasteiger partial charge is 0.243 e. The lowest BCUT2D eigenvalue weighted by molar-refractivity contribution is -0.114. The van der Waals surface area contributed by atoms with Crippen LogP contribution in [-0.2, 0) is 14.8 Å². The van der Waals surface area contributed by atoms with Gasteiger partial charge in [0.1, 0.15) is 6.07 Å². The van der Waals surface area contributed by atoms with Crippen molar-refractivity contribution in [3.05, 3.63) is 52.5 Å². The zero-order chi connectivity index (χ0) is 20.2. The Hall–Kier alpha value is -2.60. The quantitative estimate of drug-likeness (QED) is 0.767. The van der Waals surface area contributed by atoms with Gasteiger partial charge in [-0.25, -0.2) is 12.7 Å². The van der Waals surface area contributed by atoms with Gasteiger partial charge in [-0.3, -0.25) is 4.79 Å². The Morgan fingerprint density at radius 1 is 1.22 bits per heavy atom. The molecule has 142 valence electrons. The molecule has 27 heavy (non-hydrogen) atoms. The molecule has 0 aliphatic rings. The standard InChI is InChI=1S/C18H19ClN4O3S/c1-12-4-7-15(27(25,26)23(2)3)9-17(12)21-11-18(24)22-14-6-5-13(10-20)16(19)8-14/h4-9,21H,11H2,1-3H3,(H,22,24). The summed E-state index contributed by atoms with van der Waals surface area (Å²) in [5, 5.41) is 14.7. The lowest BCUT2D eigenvalue weighted by atomic mass is 10.2. The van der Waals surface area contributed by atoms with Crippen LogP contribution in [0, 0.1) is 18.3 Å². The maximum Gasteiger partial charge on any atom is 0.243 e. The number of carbonyl (C=O) groups is 1. The zero-order valence-electron chi connectivity index (χ0n) is 15.1. The van der Waals surface area contributed by atoms with E-state index < -0.39 is 10.0 Å². The van der Waals surface area contributed by atoms with Gasteiger partial charge in [-0.15, -0.1) is 0 Å². The third kappa shape index (κ3) is 4.98. The molecule has 0 atom stereocenters. The summed E-state index contributed by atoms with van der Waals surface area (Å²) in [5.41, 5.74) is 2.14. The normalized spacial score (nSPS) is 11.1. The Labute approximate surface area is 163 Å². The van der Waals surface area contributed by atoms with Crippen LogP contribution in [0.1, 0.15) is 11.1 Å². The lowest BCUT2D eigenvalue weighted by Gasteiger charge is -2.15. The van der Waals surface area contributed by atoms with E-state index in [2.05, 4.69) is 10.6 Å². The van der Waals surface area contributed by atoms with Gasteiger partial charge in [0, 0.05) is 25.5 Å². The molecule has 7 nitrogen and oxygen atoms in total. The van der Waals surface area contributed by atoms with E-state index in [0.29, 0.717) is 16.9 Å². The van der Waals surface area contributed by atoms with Gasteiger partial charge < -0.3 is 10.6 Å². The van der Waals surface area contributed by atoms with E-state index >= 15 is 0 Å². The molecule has 2 aromatic carbocycles. The Bertz CT molecular complexity index is 1010. The summed E-state index contributed by atoms with van der Waals surface area (Å²) >= 11 is 5.94. The molecule has 0 saturated carbocycles. The van der Waals surface area contributed by atoms with Gasteiger partial charge in [-0.2, -0.15) is 5.26 Å². The minimum atomic E-state index is -3.56. The molecule has 9 heteroatoms. The fraction of sp³-hybridized carbons (Fsp3) is 0.222. The number of hydrogen-bond donors (Lipinski definition) is 2. The van der Waals surface area contributed by atoms with Crippen LogP contribution >= 0.6 is 11.6 Å². The second kappa shape index (κ2) is 8.39. The summed E-state index contributed by atoms with van der Waals surface area (Å²) in [4.78, 5) is 12.3. The highest BCUT2D eigenvalue weighted by molar-refractivity contribution is 7.89. The number of nitrogens with one attached hydrogen (secondary N) is 2. The molecule has 0 saturated heterocycles. The van der Waals surface area contributed by atoms with Crippen molar-refractivity contribution in [1.29, 1.82) is 5.26 Å². The Morgan fingerprint density at radius 2 is 1.93 bits per heavy atom. The van der Waals surface area contributed by atoms with Crippen molar-refractivity contribution in [2.45, 2.75) is 11.8 Å². The molecular weight excluding hydrogens is 388 g/mol. The maximum absolute atomic E-state index is 12.2. The van der Waals surface area contributed by atoms with Gasteiger partial charge in [0.05, 0.1) is 22.0 Å². The number of nitriles is 1. The van der Waals surface area contributed by atoms with E-state index in [-0.39, 0.29) is 22.4 Å². The molecule has 0 heterocycles. The highest BCUT2D eigenvalue weighted by Crippen LogP contribution is 2.22. The third-order valence-corrected chi connectivity index (χ3v) is 5.92. The summed E-state index contributed by atoms with van der Waals surface area (Å²) in [6.45, 7) is 1.75. The van der Waals surface area contributed by atoms with Crippen LogP contribution in [0.3, 0.4) is 0 Å². The third-order valence-electron chi connectivity index (χ3n) is 3.80. The highest BCUT2D eigenvalue weighted by atomic mass is 35.5. The number of hydrogen-bond acceptors (Lipinski definition) is 5. The first-order chi connectivity index (χ1) is 12.6. The second-order valence-corrected chi connectivity index (χ2v) is 8.53. The number of rotatable bonds is 6. The van der Waals surface area contributed by atoms with E-state index in [0.717, 1.165) is 9.87 Å². The van der Waals surface area contributed by atoms with E-state index in [1.807, 2.05) is 13.0 Å². The zero-order valence-corrected chi connectivity index (χ0v) is 16.6. The number of anilines is 2. The van der Waals surface area contributed by atoms with Crippen LogP contribution in [0.4, 0.5) is 11.4 Å². The van der Waals surface area contributed by atoms with Crippen molar-refractivity contribution in [3.8, 4) is 6.07 Å². The second-order valence-electron chi connectivity index (χ2n) is 5.97. The molecule has 0 radical (unpaired) electrons. The van der Waals surface area contributed by atoms with Gasteiger partial charge in [-0.05, 0) is 42.8 Å². The number of benzene rings is 2. The Kier molecular flexibility index (Phi) is 6.44. The van der Waals surface area contributed by atoms with Crippen LogP contribution in [0.25, 0.3) is 0 Å². The maximum atomic E-state index is 12.2. The van der Waals surface area contributed by atoms with Crippen LogP contribution < -0.4 is 10.6 Å². The molecule has 2 rings (SSSR count). The first-order valence-corrected chi connectivity index (χ1v) is 9.73. The van der Waals surface area contributed by atoms with Crippen molar-refractivity contribution in [2.75, 3.05) is 31.3 Å². The molecule has 2 N–H and O–H groups in total. The Balaban J connectivity index is 2.09. The van der Waals surface area contributed by atoms with E-state index in [4.69, 9.17) is 16.9 Å². The van der Waals surface area contributed by atoms with Crippen molar-refractivity contribution in [1.82, 2.24) is 4.31 Å². The summed E-state index contributed by atoms with van der Waals surface area (Å²) in [7, 11) is -0.649. The molecule has 0 aromatic heterocycles. The van der Waals surface area contributed by atoms with Crippen molar-refractivity contribution < 1.29 is 13.2 Å². The number of carbonyl (C=O) groups excluding carboxylic acids is 1. The highest BCUT2D eigenvalue weighted by Gasteiger charge is 2.18. The largest absolute Gasteiger partial charge is 0.376 e. The topological polar surface area (TPSA) is 102 Å². The number of amides is 1. The van der Waals surface area contributed by atoms with Crippen LogP contribution in [0.15, 0.2) is 41.3 Å². The van der Waals surface area contributed by atoms with Crippen molar-refractivity contribution >= 4 is 38.9 Å². The van der Waals surface area contributed by atoms with Gasteiger partial charge in [0.25, 0.3) is 0 Å². The van der Waals surface area contributed by atoms with Gasteiger partial charge >= 0.3 is 0 Å². The number of halogens is 1. The minimum absolute atomic E-state index is 0.0655. The minimum Gasteiger partial charge on any atom is -0.376 e. The average Bonchev–Trinajstić information content (AvgIpc) is 2.61.